The minimum Gasteiger partial charge on any atom is -0.480 e. The summed E-state index contributed by atoms with van der Waals surface area (Å²) in [5, 5.41) is 12.0. The van der Waals surface area contributed by atoms with Gasteiger partial charge in [0.25, 0.3) is 0 Å². The molecular weight excluding hydrogens is 452 g/mol. The fraction of sp³-hybridized carbons (Fsp3) is 0.222. The molecule has 0 bridgehead atoms. The largest absolute Gasteiger partial charge is 0.480 e. The summed E-state index contributed by atoms with van der Waals surface area (Å²) in [5.74, 6) is -1.36. The van der Waals surface area contributed by atoms with Gasteiger partial charge in [0, 0.05) is 21.8 Å². The van der Waals surface area contributed by atoms with Crippen molar-refractivity contribution in [2.45, 2.75) is 25.3 Å². The van der Waals surface area contributed by atoms with Gasteiger partial charge in [-0.1, -0.05) is 30.3 Å². The Hall–Kier alpha value is -1.86. The van der Waals surface area contributed by atoms with Crippen LogP contribution >= 0.6 is 31.9 Å². The van der Waals surface area contributed by atoms with Crippen LogP contribution in [0.15, 0.2) is 51.4 Å². The number of carboxylic acid groups (broad SMARTS) is 1. The van der Waals surface area contributed by atoms with E-state index in [0.29, 0.717) is 21.1 Å². The number of carbonyl (C=O) groups excluding carboxylic acids is 1. The molecule has 0 aliphatic heterocycles. The van der Waals surface area contributed by atoms with Crippen LogP contribution in [0.2, 0.25) is 0 Å². The van der Waals surface area contributed by atoms with Crippen LogP contribution in [-0.2, 0) is 22.4 Å². The zero-order valence-electron chi connectivity index (χ0n) is 13.3. The number of halogens is 2. The first kappa shape index (κ1) is 19.5. The molecule has 0 spiro atoms. The number of nitrogen functional groups attached to an aromatic ring is 1. The van der Waals surface area contributed by atoms with Gasteiger partial charge in [-0.2, -0.15) is 0 Å². The van der Waals surface area contributed by atoms with Gasteiger partial charge in [0.2, 0.25) is 5.91 Å². The van der Waals surface area contributed by atoms with E-state index in [1.54, 1.807) is 12.1 Å². The SMILES string of the molecule is Nc1c(Br)cc(C[C@@H](NC(=O)CCc2ccccc2)C(=O)O)cc1Br. The van der Waals surface area contributed by atoms with Crippen molar-refractivity contribution in [2.24, 2.45) is 0 Å². The number of anilines is 1. The molecule has 0 heterocycles. The Labute approximate surface area is 162 Å². The number of carboxylic acids is 1. The van der Waals surface area contributed by atoms with Gasteiger partial charge in [-0.15, -0.1) is 0 Å². The molecule has 0 saturated heterocycles. The number of hydrogen-bond acceptors (Lipinski definition) is 3. The molecule has 2 rings (SSSR count). The number of nitrogens with one attached hydrogen (secondary N) is 1. The number of nitrogens with two attached hydrogens (primary N) is 1. The van der Waals surface area contributed by atoms with Crippen LogP contribution in [0.4, 0.5) is 5.69 Å². The molecule has 0 aromatic heterocycles. The summed E-state index contributed by atoms with van der Waals surface area (Å²) in [6, 6.07) is 12.1. The minimum absolute atomic E-state index is 0.171. The molecule has 5 nitrogen and oxygen atoms in total. The molecule has 2 aromatic carbocycles. The Morgan fingerprint density at radius 3 is 2.24 bits per heavy atom. The number of rotatable bonds is 7. The standard InChI is InChI=1S/C18H18Br2N2O3/c19-13-8-12(9-14(20)17(13)21)10-15(18(24)25)22-16(23)7-6-11-4-2-1-3-5-11/h1-5,8-9,15H,6-7,10,21H2,(H,22,23)(H,24,25)/t15-/m1/s1. The molecule has 0 unspecified atom stereocenters. The van der Waals surface area contributed by atoms with Crippen molar-refractivity contribution in [3.05, 3.63) is 62.5 Å². The molecule has 0 aliphatic carbocycles. The molecule has 2 aromatic rings. The zero-order chi connectivity index (χ0) is 18.4. The molecule has 7 heteroatoms. The Bertz CT molecular complexity index is 743. The van der Waals surface area contributed by atoms with E-state index < -0.39 is 12.0 Å². The lowest BCUT2D eigenvalue weighted by Crippen LogP contribution is -2.42. The van der Waals surface area contributed by atoms with Crippen molar-refractivity contribution in [3.63, 3.8) is 0 Å². The summed E-state index contributed by atoms with van der Waals surface area (Å²) in [7, 11) is 0. The molecule has 0 radical (unpaired) electrons. The van der Waals surface area contributed by atoms with Crippen LogP contribution < -0.4 is 11.1 Å². The van der Waals surface area contributed by atoms with Crippen LogP contribution in [0.25, 0.3) is 0 Å². The highest BCUT2D eigenvalue weighted by Crippen LogP contribution is 2.30. The summed E-state index contributed by atoms with van der Waals surface area (Å²) >= 11 is 6.67. The summed E-state index contributed by atoms with van der Waals surface area (Å²) in [5.41, 5.74) is 8.17. The van der Waals surface area contributed by atoms with Crippen LogP contribution in [0.1, 0.15) is 17.5 Å². The molecule has 1 atom stereocenters. The van der Waals surface area contributed by atoms with E-state index in [4.69, 9.17) is 5.73 Å². The topological polar surface area (TPSA) is 92.4 Å². The van der Waals surface area contributed by atoms with Gasteiger partial charge in [0.05, 0.1) is 5.69 Å². The molecule has 0 fully saturated rings. The average Bonchev–Trinajstić information content (AvgIpc) is 2.58. The van der Waals surface area contributed by atoms with Crippen molar-refractivity contribution in [2.75, 3.05) is 5.73 Å². The quantitative estimate of drug-likeness (QED) is 0.540. The zero-order valence-corrected chi connectivity index (χ0v) is 16.5. The van der Waals surface area contributed by atoms with Crippen LogP contribution in [-0.4, -0.2) is 23.0 Å². The van der Waals surface area contributed by atoms with Crippen molar-refractivity contribution >= 4 is 49.4 Å². The Morgan fingerprint density at radius 2 is 1.68 bits per heavy atom. The number of amides is 1. The van der Waals surface area contributed by atoms with Gasteiger partial charge in [0.15, 0.2) is 0 Å². The smallest absolute Gasteiger partial charge is 0.326 e. The molecule has 4 N–H and O–H groups in total. The van der Waals surface area contributed by atoms with Crippen molar-refractivity contribution < 1.29 is 14.7 Å². The fourth-order valence-electron chi connectivity index (χ4n) is 2.36. The lowest BCUT2D eigenvalue weighted by molar-refractivity contribution is -0.141. The predicted molar refractivity (Wildman–Crippen MR) is 104 cm³/mol. The molecule has 0 aliphatic rings. The van der Waals surface area contributed by atoms with Crippen molar-refractivity contribution in [1.29, 1.82) is 0 Å². The number of aliphatic carboxylic acids is 1. The number of aryl methyl sites for hydroxylation is 1. The Morgan fingerprint density at radius 1 is 1.08 bits per heavy atom. The monoisotopic (exact) mass is 468 g/mol. The van der Waals surface area contributed by atoms with Gasteiger partial charge in [-0.25, -0.2) is 4.79 Å². The molecular formula is C18H18Br2N2O3. The van der Waals surface area contributed by atoms with Gasteiger partial charge >= 0.3 is 5.97 Å². The molecule has 1 amide bonds. The Kier molecular flexibility index (Phi) is 7.01. The highest BCUT2D eigenvalue weighted by Gasteiger charge is 2.21. The van der Waals surface area contributed by atoms with Crippen molar-refractivity contribution in [1.82, 2.24) is 5.32 Å². The van der Waals surface area contributed by atoms with E-state index in [9.17, 15) is 14.7 Å². The first-order valence-electron chi connectivity index (χ1n) is 7.66. The Balaban J connectivity index is 1.98. The molecule has 0 saturated carbocycles. The summed E-state index contributed by atoms with van der Waals surface area (Å²) < 4.78 is 1.35. The van der Waals surface area contributed by atoms with E-state index in [2.05, 4.69) is 37.2 Å². The lowest BCUT2D eigenvalue weighted by atomic mass is 10.0. The summed E-state index contributed by atoms with van der Waals surface area (Å²) in [6.45, 7) is 0. The average molecular weight is 470 g/mol. The second kappa shape index (κ2) is 9.01. The minimum atomic E-state index is -1.07. The fourth-order valence-corrected chi connectivity index (χ4v) is 3.64. The molecule has 25 heavy (non-hydrogen) atoms. The van der Waals surface area contributed by atoms with Crippen LogP contribution in [0, 0.1) is 0 Å². The van der Waals surface area contributed by atoms with Gasteiger partial charge in [0.1, 0.15) is 6.04 Å². The van der Waals surface area contributed by atoms with E-state index >= 15 is 0 Å². The molecule has 132 valence electrons. The first-order valence-corrected chi connectivity index (χ1v) is 9.25. The van der Waals surface area contributed by atoms with E-state index in [1.165, 1.54) is 0 Å². The summed E-state index contributed by atoms with van der Waals surface area (Å²) in [4.78, 5) is 23.6. The second-order valence-electron chi connectivity index (χ2n) is 5.62. The second-order valence-corrected chi connectivity index (χ2v) is 7.33. The van der Waals surface area contributed by atoms with E-state index in [1.807, 2.05) is 30.3 Å². The lowest BCUT2D eigenvalue weighted by Gasteiger charge is -2.16. The third-order valence-electron chi connectivity index (χ3n) is 3.70. The van der Waals surface area contributed by atoms with E-state index in [0.717, 1.165) is 11.1 Å². The number of carbonyl (C=O) groups is 2. The highest BCUT2D eigenvalue weighted by atomic mass is 79.9. The van der Waals surface area contributed by atoms with Crippen LogP contribution in [0.5, 0.6) is 0 Å². The normalized spacial score (nSPS) is 11.8. The third-order valence-corrected chi connectivity index (χ3v) is 5.01. The van der Waals surface area contributed by atoms with Gasteiger partial charge < -0.3 is 16.2 Å². The number of benzene rings is 2. The first-order chi connectivity index (χ1) is 11.9. The number of hydrogen-bond donors (Lipinski definition) is 3. The van der Waals surface area contributed by atoms with Gasteiger partial charge in [-0.3, -0.25) is 4.79 Å². The van der Waals surface area contributed by atoms with Crippen molar-refractivity contribution in [3.8, 4) is 0 Å². The summed E-state index contributed by atoms with van der Waals surface area (Å²) in [6.07, 6.45) is 0.977. The van der Waals surface area contributed by atoms with E-state index in [-0.39, 0.29) is 18.7 Å². The van der Waals surface area contributed by atoms with Crippen LogP contribution in [0.3, 0.4) is 0 Å². The predicted octanol–water partition coefficient (Wildman–Crippen LogP) is 3.54. The maximum atomic E-state index is 12.1. The highest BCUT2D eigenvalue weighted by molar-refractivity contribution is 9.11. The maximum absolute atomic E-state index is 12.1. The third kappa shape index (κ3) is 5.86. The van der Waals surface area contributed by atoms with Gasteiger partial charge in [-0.05, 0) is 61.5 Å². The maximum Gasteiger partial charge on any atom is 0.326 e.